The summed E-state index contributed by atoms with van der Waals surface area (Å²) in [5.74, 6) is -1.36. The van der Waals surface area contributed by atoms with Crippen molar-refractivity contribution in [2.75, 3.05) is 6.61 Å². The minimum Gasteiger partial charge on any atom is -0.481 e. The van der Waals surface area contributed by atoms with Crippen LogP contribution in [0.15, 0.2) is 12.3 Å². The summed E-state index contributed by atoms with van der Waals surface area (Å²) < 4.78 is 6.93. The summed E-state index contributed by atoms with van der Waals surface area (Å²) in [6.45, 7) is 2.03. The number of carboxylic acids is 1. The van der Waals surface area contributed by atoms with Crippen molar-refractivity contribution in [1.82, 2.24) is 4.57 Å². The van der Waals surface area contributed by atoms with Gasteiger partial charge in [0.15, 0.2) is 0 Å². The van der Waals surface area contributed by atoms with Crippen LogP contribution in [0.25, 0.3) is 0 Å². The first-order valence-electron chi connectivity index (χ1n) is 6.72. The zero-order chi connectivity index (χ0) is 13.8. The number of aliphatic carboxylic acids is 1. The van der Waals surface area contributed by atoms with Crippen molar-refractivity contribution in [3.05, 3.63) is 23.5 Å². The molecule has 0 amide bonds. The van der Waals surface area contributed by atoms with Crippen LogP contribution in [-0.2, 0) is 16.0 Å². The van der Waals surface area contributed by atoms with Gasteiger partial charge in [0.1, 0.15) is 0 Å². The van der Waals surface area contributed by atoms with Crippen molar-refractivity contribution < 1.29 is 19.4 Å². The maximum absolute atomic E-state index is 11.8. The first-order valence-corrected chi connectivity index (χ1v) is 6.72. The molecule has 0 saturated heterocycles. The van der Waals surface area contributed by atoms with E-state index in [0.717, 1.165) is 25.7 Å². The maximum Gasteiger partial charge on any atom is 0.339 e. The summed E-state index contributed by atoms with van der Waals surface area (Å²) in [5, 5.41) is 9.02. The molecule has 1 aromatic rings. The number of hydrogen-bond acceptors (Lipinski definition) is 3. The zero-order valence-electron chi connectivity index (χ0n) is 11.1. The quantitative estimate of drug-likeness (QED) is 0.830. The van der Waals surface area contributed by atoms with Gasteiger partial charge >= 0.3 is 11.9 Å². The second-order valence-corrected chi connectivity index (χ2v) is 4.81. The van der Waals surface area contributed by atoms with Gasteiger partial charge in [-0.2, -0.15) is 0 Å². The minimum atomic E-state index is -0.927. The third kappa shape index (κ3) is 2.97. The van der Waals surface area contributed by atoms with Crippen LogP contribution in [-0.4, -0.2) is 28.2 Å². The van der Waals surface area contributed by atoms with Crippen LogP contribution in [0.4, 0.5) is 0 Å². The fourth-order valence-corrected chi connectivity index (χ4v) is 2.73. The van der Waals surface area contributed by atoms with E-state index in [-0.39, 0.29) is 6.42 Å². The molecule has 5 nitrogen and oxygen atoms in total. The highest BCUT2D eigenvalue weighted by Crippen LogP contribution is 2.32. The Morgan fingerprint density at radius 3 is 2.68 bits per heavy atom. The predicted octanol–water partition coefficient (Wildman–Crippen LogP) is 2.41. The van der Waals surface area contributed by atoms with Crippen molar-refractivity contribution in [2.45, 2.75) is 45.1 Å². The molecule has 1 N–H and O–H groups in total. The third-order valence-corrected chi connectivity index (χ3v) is 3.56. The molecule has 1 aliphatic rings. The average Bonchev–Trinajstić information content (AvgIpc) is 2.96. The molecular formula is C14H19NO4. The highest BCUT2D eigenvalue weighted by atomic mass is 16.5. The van der Waals surface area contributed by atoms with Gasteiger partial charge in [0.2, 0.25) is 0 Å². The van der Waals surface area contributed by atoms with Crippen LogP contribution in [0.1, 0.15) is 54.7 Å². The summed E-state index contributed by atoms with van der Waals surface area (Å²) in [7, 11) is 0. The van der Waals surface area contributed by atoms with Crippen LogP contribution in [0.2, 0.25) is 0 Å². The van der Waals surface area contributed by atoms with E-state index in [1.807, 2.05) is 10.8 Å². The smallest absolute Gasteiger partial charge is 0.339 e. The van der Waals surface area contributed by atoms with Gasteiger partial charge in [0, 0.05) is 17.9 Å². The van der Waals surface area contributed by atoms with Crippen molar-refractivity contribution in [3.63, 3.8) is 0 Å². The second-order valence-electron chi connectivity index (χ2n) is 4.81. The standard InChI is InChI=1S/C14H19NO4/c1-2-19-14(18)11-7-8-15(10-5-3-4-6-10)12(11)9-13(16)17/h7-8,10H,2-6,9H2,1H3,(H,16,17). The van der Waals surface area contributed by atoms with Crippen LogP contribution in [0.3, 0.4) is 0 Å². The first kappa shape index (κ1) is 13.6. The molecule has 0 aromatic carbocycles. The van der Waals surface area contributed by atoms with Gasteiger partial charge < -0.3 is 14.4 Å². The molecule has 0 bridgehead atoms. The number of nitrogens with zero attached hydrogens (tertiary/aromatic N) is 1. The monoisotopic (exact) mass is 265 g/mol. The lowest BCUT2D eigenvalue weighted by Crippen LogP contribution is -2.15. The van der Waals surface area contributed by atoms with Gasteiger partial charge in [-0.3, -0.25) is 4.79 Å². The Morgan fingerprint density at radius 2 is 2.11 bits per heavy atom. The Balaban J connectivity index is 2.32. The number of rotatable bonds is 5. The van der Waals surface area contributed by atoms with Gasteiger partial charge in [-0.1, -0.05) is 12.8 Å². The van der Waals surface area contributed by atoms with Crippen LogP contribution in [0, 0.1) is 0 Å². The summed E-state index contributed by atoms with van der Waals surface area (Å²) >= 11 is 0. The van der Waals surface area contributed by atoms with Crippen molar-refractivity contribution in [1.29, 1.82) is 0 Å². The highest BCUT2D eigenvalue weighted by Gasteiger charge is 2.24. The van der Waals surface area contributed by atoms with E-state index in [0.29, 0.717) is 23.9 Å². The van der Waals surface area contributed by atoms with E-state index >= 15 is 0 Å². The molecule has 0 radical (unpaired) electrons. The van der Waals surface area contributed by atoms with E-state index in [1.54, 1.807) is 13.0 Å². The maximum atomic E-state index is 11.8. The number of carbonyl (C=O) groups excluding carboxylic acids is 1. The molecule has 0 atom stereocenters. The van der Waals surface area contributed by atoms with Crippen LogP contribution in [0.5, 0.6) is 0 Å². The summed E-state index contributed by atoms with van der Waals surface area (Å²) in [4.78, 5) is 22.8. The Labute approximate surface area is 112 Å². The van der Waals surface area contributed by atoms with Crippen LogP contribution >= 0.6 is 0 Å². The van der Waals surface area contributed by atoms with Gasteiger partial charge in [-0.25, -0.2) is 4.79 Å². The molecule has 0 unspecified atom stereocenters. The highest BCUT2D eigenvalue weighted by molar-refractivity contribution is 5.92. The lowest BCUT2D eigenvalue weighted by molar-refractivity contribution is -0.136. The molecule has 2 rings (SSSR count). The summed E-state index contributed by atoms with van der Waals surface area (Å²) in [5.41, 5.74) is 0.953. The Morgan fingerprint density at radius 1 is 1.42 bits per heavy atom. The molecule has 1 aliphatic carbocycles. The fraction of sp³-hybridized carbons (Fsp3) is 0.571. The Hall–Kier alpha value is -1.78. The number of hydrogen-bond donors (Lipinski definition) is 1. The molecule has 1 heterocycles. The van der Waals surface area contributed by atoms with E-state index < -0.39 is 11.9 Å². The molecule has 19 heavy (non-hydrogen) atoms. The SMILES string of the molecule is CCOC(=O)c1ccn(C2CCCC2)c1CC(=O)O. The van der Waals surface area contributed by atoms with Gasteiger partial charge in [0.05, 0.1) is 18.6 Å². The zero-order valence-corrected chi connectivity index (χ0v) is 11.1. The van der Waals surface area contributed by atoms with Crippen LogP contribution < -0.4 is 0 Å². The Bertz CT molecular complexity index is 472. The number of carbonyl (C=O) groups is 2. The molecule has 0 spiro atoms. The van der Waals surface area contributed by atoms with E-state index in [4.69, 9.17) is 9.84 Å². The second kappa shape index (κ2) is 5.91. The summed E-state index contributed by atoms with van der Waals surface area (Å²) in [6.07, 6.45) is 6.08. The number of carboxylic acid groups (broad SMARTS) is 1. The number of esters is 1. The lowest BCUT2D eigenvalue weighted by Gasteiger charge is -2.16. The molecule has 1 fully saturated rings. The fourth-order valence-electron chi connectivity index (χ4n) is 2.73. The number of ether oxygens (including phenoxy) is 1. The topological polar surface area (TPSA) is 68.5 Å². The van der Waals surface area contributed by atoms with E-state index in [1.165, 1.54) is 0 Å². The normalized spacial score (nSPS) is 15.6. The third-order valence-electron chi connectivity index (χ3n) is 3.56. The molecular weight excluding hydrogens is 246 g/mol. The van der Waals surface area contributed by atoms with E-state index in [2.05, 4.69) is 0 Å². The lowest BCUT2D eigenvalue weighted by atomic mass is 10.1. The molecule has 104 valence electrons. The van der Waals surface area contributed by atoms with Gasteiger partial charge in [0.25, 0.3) is 0 Å². The molecule has 5 heteroatoms. The number of aromatic nitrogens is 1. The van der Waals surface area contributed by atoms with Gasteiger partial charge in [-0.05, 0) is 25.8 Å². The largest absolute Gasteiger partial charge is 0.481 e. The first-order chi connectivity index (χ1) is 9.13. The van der Waals surface area contributed by atoms with Crippen molar-refractivity contribution in [2.24, 2.45) is 0 Å². The summed E-state index contributed by atoms with van der Waals surface area (Å²) in [6, 6.07) is 1.99. The van der Waals surface area contributed by atoms with Crippen molar-refractivity contribution in [3.8, 4) is 0 Å². The van der Waals surface area contributed by atoms with Gasteiger partial charge in [-0.15, -0.1) is 0 Å². The molecule has 1 saturated carbocycles. The molecule has 0 aliphatic heterocycles. The van der Waals surface area contributed by atoms with E-state index in [9.17, 15) is 9.59 Å². The van der Waals surface area contributed by atoms with Crippen molar-refractivity contribution >= 4 is 11.9 Å². The average molecular weight is 265 g/mol. The molecule has 1 aromatic heterocycles. The predicted molar refractivity (Wildman–Crippen MR) is 69.2 cm³/mol. The minimum absolute atomic E-state index is 0.141. The Kier molecular flexibility index (Phi) is 4.24.